The van der Waals surface area contributed by atoms with Gasteiger partial charge in [0, 0.05) is 5.69 Å². The van der Waals surface area contributed by atoms with Crippen LogP contribution >= 0.6 is 0 Å². The molecule has 2 N–H and O–H groups in total. The molecule has 120 valence electrons. The topological polar surface area (TPSA) is 67.4 Å². The second-order valence-electron chi connectivity index (χ2n) is 5.75. The van der Waals surface area contributed by atoms with Crippen molar-refractivity contribution in [3.63, 3.8) is 0 Å². The van der Waals surface area contributed by atoms with E-state index in [1.807, 2.05) is 20.8 Å². The molecular formula is C16H21FN2O3. The fraction of sp³-hybridized carbons (Fsp3) is 0.375. The molecule has 1 aromatic carbocycles. The Morgan fingerprint density at radius 2 is 1.95 bits per heavy atom. The number of anilines is 2. The summed E-state index contributed by atoms with van der Waals surface area (Å²) >= 11 is 0. The summed E-state index contributed by atoms with van der Waals surface area (Å²) in [6.07, 6.45) is 0.362. The van der Waals surface area contributed by atoms with Crippen LogP contribution in [-0.2, 0) is 14.3 Å². The van der Waals surface area contributed by atoms with Gasteiger partial charge in [-0.25, -0.2) is 4.39 Å². The van der Waals surface area contributed by atoms with Gasteiger partial charge in [-0.1, -0.05) is 6.58 Å². The predicted molar refractivity (Wildman–Crippen MR) is 84.2 cm³/mol. The lowest BCUT2D eigenvalue weighted by molar-refractivity contribution is -0.135. The van der Waals surface area contributed by atoms with Gasteiger partial charge in [0.2, 0.25) is 5.91 Å². The van der Waals surface area contributed by atoms with Crippen molar-refractivity contribution in [1.29, 1.82) is 0 Å². The van der Waals surface area contributed by atoms with E-state index in [2.05, 4.69) is 17.2 Å². The molecule has 0 aliphatic rings. The molecule has 0 radical (unpaired) electrons. The Morgan fingerprint density at radius 1 is 1.32 bits per heavy atom. The van der Waals surface area contributed by atoms with Crippen LogP contribution in [0.4, 0.5) is 15.8 Å². The number of carbonyl (C=O) groups excluding carboxylic acids is 2. The summed E-state index contributed by atoms with van der Waals surface area (Å²) in [5, 5.41) is 4.94. The van der Waals surface area contributed by atoms with Crippen LogP contribution in [0.1, 0.15) is 27.7 Å². The fourth-order valence-corrected chi connectivity index (χ4v) is 1.71. The van der Waals surface area contributed by atoms with Gasteiger partial charge in [0.05, 0.1) is 11.3 Å². The molecule has 0 bridgehead atoms. The molecule has 0 heterocycles. The first-order valence-electron chi connectivity index (χ1n) is 6.84. The highest BCUT2D eigenvalue weighted by atomic mass is 19.1. The summed E-state index contributed by atoms with van der Waals surface area (Å²) in [5.41, 5.74) is -0.134. The zero-order chi connectivity index (χ0) is 16.9. The molecule has 0 aliphatic carbocycles. The highest BCUT2D eigenvalue weighted by molar-refractivity contribution is 6.00. The van der Waals surface area contributed by atoms with Crippen molar-refractivity contribution in [2.24, 2.45) is 0 Å². The van der Waals surface area contributed by atoms with E-state index < -0.39 is 23.4 Å². The largest absolute Gasteiger partial charge is 0.363 e. The third kappa shape index (κ3) is 5.65. The van der Waals surface area contributed by atoms with Crippen molar-refractivity contribution in [1.82, 2.24) is 0 Å². The van der Waals surface area contributed by atoms with Gasteiger partial charge < -0.3 is 15.4 Å². The van der Waals surface area contributed by atoms with Crippen molar-refractivity contribution in [3.05, 3.63) is 36.7 Å². The standard InChI is InChI=1S/C16H21FN2O3/c1-6-14(20)19-13-9-11(7-8-12(13)17)18-15(21)10(2)22-16(3,4)5/h6-10H,1H2,2-5H3,(H,18,21)(H,19,20)/t10-/m0/s1. The van der Waals surface area contributed by atoms with E-state index in [1.165, 1.54) is 12.1 Å². The van der Waals surface area contributed by atoms with Crippen molar-refractivity contribution < 1.29 is 18.7 Å². The Morgan fingerprint density at radius 3 is 2.50 bits per heavy atom. The second kappa shape index (κ2) is 7.17. The lowest BCUT2D eigenvalue weighted by Crippen LogP contribution is -2.34. The third-order valence-electron chi connectivity index (χ3n) is 2.58. The zero-order valence-electron chi connectivity index (χ0n) is 13.2. The van der Waals surface area contributed by atoms with Crippen molar-refractivity contribution >= 4 is 23.2 Å². The van der Waals surface area contributed by atoms with Crippen LogP contribution in [0.5, 0.6) is 0 Å². The minimum Gasteiger partial charge on any atom is -0.363 e. The quantitative estimate of drug-likeness (QED) is 0.821. The van der Waals surface area contributed by atoms with Crippen molar-refractivity contribution in [2.45, 2.75) is 39.4 Å². The summed E-state index contributed by atoms with van der Waals surface area (Å²) < 4.78 is 19.1. The number of hydrogen-bond acceptors (Lipinski definition) is 3. The SMILES string of the molecule is C=CC(=O)Nc1cc(NC(=O)[C@H](C)OC(C)(C)C)ccc1F. The summed E-state index contributed by atoms with van der Waals surface area (Å²) in [6, 6.07) is 3.89. The minimum absolute atomic E-state index is 0.0351. The number of halogens is 1. The van der Waals surface area contributed by atoms with Crippen LogP contribution in [0.15, 0.2) is 30.9 Å². The molecule has 1 atom stereocenters. The van der Waals surface area contributed by atoms with Crippen LogP contribution in [0.25, 0.3) is 0 Å². The smallest absolute Gasteiger partial charge is 0.253 e. The molecule has 0 saturated heterocycles. The average molecular weight is 308 g/mol. The molecule has 1 rings (SSSR count). The first-order chi connectivity index (χ1) is 10.1. The molecule has 0 aliphatic heterocycles. The van der Waals surface area contributed by atoms with Crippen molar-refractivity contribution in [2.75, 3.05) is 10.6 Å². The third-order valence-corrected chi connectivity index (χ3v) is 2.58. The van der Waals surface area contributed by atoms with Gasteiger partial charge in [-0.05, 0) is 52.0 Å². The number of rotatable bonds is 5. The molecule has 0 aromatic heterocycles. The molecule has 1 aromatic rings. The molecule has 22 heavy (non-hydrogen) atoms. The molecule has 0 unspecified atom stereocenters. The Labute approximate surface area is 129 Å². The normalized spacial score (nSPS) is 12.4. The molecular weight excluding hydrogens is 287 g/mol. The monoisotopic (exact) mass is 308 g/mol. The second-order valence-corrected chi connectivity index (χ2v) is 5.75. The number of benzene rings is 1. The van der Waals surface area contributed by atoms with E-state index in [1.54, 1.807) is 6.92 Å². The van der Waals surface area contributed by atoms with E-state index in [4.69, 9.17) is 4.74 Å². The number of carbonyl (C=O) groups is 2. The maximum atomic E-state index is 13.6. The van der Waals surface area contributed by atoms with Gasteiger partial charge >= 0.3 is 0 Å². The highest BCUT2D eigenvalue weighted by Crippen LogP contribution is 2.20. The summed E-state index contributed by atoms with van der Waals surface area (Å²) in [7, 11) is 0. The van der Waals surface area contributed by atoms with Crippen LogP contribution in [0, 0.1) is 5.82 Å². The van der Waals surface area contributed by atoms with Gasteiger partial charge in [-0.3, -0.25) is 9.59 Å². The summed E-state index contributed by atoms with van der Waals surface area (Å²) in [5.74, 6) is -1.50. The Hall–Kier alpha value is -2.21. The summed E-state index contributed by atoms with van der Waals surface area (Å²) in [4.78, 5) is 23.3. The van der Waals surface area contributed by atoms with Crippen LogP contribution < -0.4 is 10.6 Å². The van der Waals surface area contributed by atoms with Crippen LogP contribution in [0.2, 0.25) is 0 Å². The van der Waals surface area contributed by atoms with Gasteiger partial charge in [-0.15, -0.1) is 0 Å². The maximum Gasteiger partial charge on any atom is 0.253 e. The minimum atomic E-state index is -0.670. The van der Waals surface area contributed by atoms with Crippen molar-refractivity contribution in [3.8, 4) is 0 Å². The van der Waals surface area contributed by atoms with E-state index in [9.17, 15) is 14.0 Å². The lowest BCUT2D eigenvalue weighted by atomic mass is 10.2. The lowest BCUT2D eigenvalue weighted by Gasteiger charge is -2.24. The molecule has 0 fully saturated rings. The average Bonchev–Trinajstić information content (AvgIpc) is 2.40. The number of nitrogens with one attached hydrogen (secondary N) is 2. The zero-order valence-corrected chi connectivity index (χ0v) is 13.2. The highest BCUT2D eigenvalue weighted by Gasteiger charge is 2.21. The van der Waals surface area contributed by atoms with Gasteiger partial charge in [0.1, 0.15) is 11.9 Å². The number of amides is 2. The summed E-state index contributed by atoms with van der Waals surface area (Å²) in [6.45, 7) is 10.5. The first kappa shape index (κ1) is 17.8. The van der Waals surface area contributed by atoms with Gasteiger partial charge in [0.15, 0.2) is 0 Å². The molecule has 6 heteroatoms. The Balaban J connectivity index is 2.81. The molecule has 0 spiro atoms. The fourth-order valence-electron chi connectivity index (χ4n) is 1.71. The van der Waals surface area contributed by atoms with Crippen LogP contribution in [-0.4, -0.2) is 23.5 Å². The Kier molecular flexibility index (Phi) is 5.82. The Bertz CT molecular complexity index is 579. The van der Waals surface area contributed by atoms with E-state index in [0.717, 1.165) is 12.1 Å². The van der Waals surface area contributed by atoms with Gasteiger partial charge in [-0.2, -0.15) is 0 Å². The maximum absolute atomic E-state index is 13.6. The van der Waals surface area contributed by atoms with Gasteiger partial charge in [0.25, 0.3) is 5.91 Å². The van der Waals surface area contributed by atoms with E-state index in [-0.39, 0.29) is 11.6 Å². The van der Waals surface area contributed by atoms with Crippen LogP contribution in [0.3, 0.4) is 0 Å². The number of ether oxygens (including phenoxy) is 1. The molecule has 5 nitrogen and oxygen atoms in total. The van der Waals surface area contributed by atoms with E-state index in [0.29, 0.717) is 5.69 Å². The first-order valence-corrected chi connectivity index (χ1v) is 6.84. The van der Waals surface area contributed by atoms with E-state index >= 15 is 0 Å². The predicted octanol–water partition coefficient (Wildman–Crippen LogP) is 3.09. The molecule has 0 saturated carbocycles. The molecule has 2 amide bonds. The number of hydrogen-bond donors (Lipinski definition) is 2.